The molecule has 2 rings (SSSR count). The Hall–Kier alpha value is -2.69. The molecule has 0 heterocycles. The van der Waals surface area contributed by atoms with Crippen molar-refractivity contribution in [1.29, 1.82) is 0 Å². The van der Waals surface area contributed by atoms with Crippen LogP contribution in [0.5, 0.6) is 0 Å². The number of anilines is 1. The summed E-state index contributed by atoms with van der Waals surface area (Å²) < 4.78 is 12.8. The van der Waals surface area contributed by atoms with Gasteiger partial charge in [0, 0.05) is 12.2 Å². The Kier molecular flexibility index (Phi) is 5.46. The predicted molar refractivity (Wildman–Crippen MR) is 87.4 cm³/mol. The zero-order valence-corrected chi connectivity index (χ0v) is 13.1. The van der Waals surface area contributed by atoms with E-state index in [1.54, 1.807) is 0 Å². The van der Waals surface area contributed by atoms with Gasteiger partial charge in [0.1, 0.15) is 5.82 Å². The van der Waals surface area contributed by atoms with Crippen LogP contribution in [0.4, 0.5) is 10.1 Å². The molecule has 120 valence electrons. The molecule has 2 N–H and O–H groups in total. The monoisotopic (exact) mass is 314 g/mol. The van der Waals surface area contributed by atoms with Gasteiger partial charge < -0.3 is 10.6 Å². The lowest BCUT2D eigenvalue weighted by molar-refractivity contribution is -0.136. The van der Waals surface area contributed by atoms with Crippen LogP contribution in [0.25, 0.3) is 0 Å². The number of hydrogen-bond donors (Lipinski definition) is 2. The Morgan fingerprint density at radius 2 is 1.57 bits per heavy atom. The first-order valence-corrected chi connectivity index (χ1v) is 7.39. The van der Waals surface area contributed by atoms with Crippen molar-refractivity contribution in [2.75, 3.05) is 5.32 Å². The molecule has 0 spiro atoms. The van der Waals surface area contributed by atoms with Crippen molar-refractivity contribution in [3.63, 3.8) is 0 Å². The van der Waals surface area contributed by atoms with Gasteiger partial charge >= 0.3 is 11.8 Å². The lowest BCUT2D eigenvalue weighted by atomic mass is 10.0. The van der Waals surface area contributed by atoms with Crippen LogP contribution in [-0.2, 0) is 16.1 Å². The number of benzene rings is 2. The minimum absolute atomic E-state index is 0.272. The molecule has 5 heteroatoms. The lowest BCUT2D eigenvalue weighted by Crippen LogP contribution is -2.34. The third kappa shape index (κ3) is 4.92. The van der Waals surface area contributed by atoms with E-state index in [1.807, 2.05) is 24.3 Å². The number of halogens is 1. The normalized spacial score (nSPS) is 10.4. The van der Waals surface area contributed by atoms with Gasteiger partial charge in [-0.15, -0.1) is 0 Å². The SMILES string of the molecule is CC(C)c1ccc(CNC(=O)C(=O)Nc2ccc(F)cc2)cc1. The van der Waals surface area contributed by atoms with E-state index in [2.05, 4.69) is 24.5 Å². The van der Waals surface area contributed by atoms with E-state index in [9.17, 15) is 14.0 Å². The Balaban J connectivity index is 1.86. The summed E-state index contributed by atoms with van der Waals surface area (Å²) in [5.41, 5.74) is 2.50. The number of rotatable bonds is 4. The van der Waals surface area contributed by atoms with E-state index in [0.717, 1.165) is 5.56 Å². The first-order valence-electron chi connectivity index (χ1n) is 7.39. The van der Waals surface area contributed by atoms with Gasteiger partial charge in [0.2, 0.25) is 0 Å². The summed E-state index contributed by atoms with van der Waals surface area (Å²) in [5.74, 6) is -1.48. The summed E-state index contributed by atoms with van der Waals surface area (Å²) in [7, 11) is 0. The number of carbonyl (C=O) groups excluding carboxylic acids is 2. The Morgan fingerprint density at radius 1 is 0.957 bits per heavy atom. The second-order valence-corrected chi connectivity index (χ2v) is 5.54. The van der Waals surface area contributed by atoms with Gasteiger partial charge in [-0.1, -0.05) is 38.1 Å². The number of amides is 2. The molecule has 4 nitrogen and oxygen atoms in total. The Morgan fingerprint density at radius 3 is 2.13 bits per heavy atom. The van der Waals surface area contributed by atoms with E-state index in [1.165, 1.54) is 29.8 Å². The summed E-state index contributed by atoms with van der Waals surface area (Å²) in [6.07, 6.45) is 0. The van der Waals surface area contributed by atoms with E-state index < -0.39 is 17.6 Å². The summed E-state index contributed by atoms with van der Waals surface area (Å²) in [6.45, 7) is 4.49. The molecule has 0 aliphatic rings. The standard InChI is InChI=1S/C18H19FN2O2/c1-12(2)14-5-3-13(4-6-14)11-20-17(22)18(23)21-16-9-7-15(19)8-10-16/h3-10,12H,11H2,1-2H3,(H,20,22)(H,21,23). The van der Waals surface area contributed by atoms with Gasteiger partial charge in [-0.2, -0.15) is 0 Å². The summed E-state index contributed by atoms with van der Waals surface area (Å²) in [5, 5.41) is 4.97. The predicted octanol–water partition coefficient (Wildman–Crippen LogP) is 3.20. The zero-order chi connectivity index (χ0) is 16.8. The number of nitrogens with one attached hydrogen (secondary N) is 2. The third-order valence-corrected chi connectivity index (χ3v) is 3.41. The largest absolute Gasteiger partial charge is 0.344 e. The lowest BCUT2D eigenvalue weighted by Gasteiger charge is -2.08. The molecule has 0 aliphatic carbocycles. The van der Waals surface area contributed by atoms with Crippen molar-refractivity contribution in [3.8, 4) is 0 Å². The molecule has 2 aromatic rings. The van der Waals surface area contributed by atoms with Crippen LogP contribution in [0.1, 0.15) is 30.9 Å². The first kappa shape index (κ1) is 16.7. The van der Waals surface area contributed by atoms with Crippen molar-refractivity contribution in [2.24, 2.45) is 0 Å². The van der Waals surface area contributed by atoms with Crippen LogP contribution in [0.15, 0.2) is 48.5 Å². The molecule has 2 aromatic carbocycles. The first-order chi connectivity index (χ1) is 11.0. The van der Waals surface area contributed by atoms with E-state index in [4.69, 9.17) is 0 Å². The van der Waals surface area contributed by atoms with Crippen molar-refractivity contribution in [3.05, 3.63) is 65.5 Å². The van der Waals surface area contributed by atoms with Gasteiger partial charge in [0.05, 0.1) is 0 Å². The zero-order valence-electron chi connectivity index (χ0n) is 13.1. The molecule has 0 aliphatic heterocycles. The highest BCUT2D eigenvalue weighted by Crippen LogP contribution is 2.14. The second kappa shape index (κ2) is 7.54. The fourth-order valence-electron chi connectivity index (χ4n) is 2.00. The van der Waals surface area contributed by atoms with E-state index in [-0.39, 0.29) is 6.54 Å². The molecule has 23 heavy (non-hydrogen) atoms. The molecule has 0 fully saturated rings. The van der Waals surface area contributed by atoms with Gasteiger partial charge in [0.25, 0.3) is 0 Å². The third-order valence-electron chi connectivity index (χ3n) is 3.41. The summed E-state index contributed by atoms with van der Waals surface area (Å²) >= 11 is 0. The minimum Gasteiger partial charge on any atom is -0.344 e. The average Bonchev–Trinajstić information content (AvgIpc) is 2.55. The molecule has 0 saturated carbocycles. The maximum Gasteiger partial charge on any atom is 0.313 e. The van der Waals surface area contributed by atoms with Crippen LogP contribution < -0.4 is 10.6 Å². The van der Waals surface area contributed by atoms with Crippen LogP contribution in [0.3, 0.4) is 0 Å². The smallest absolute Gasteiger partial charge is 0.313 e. The second-order valence-electron chi connectivity index (χ2n) is 5.54. The molecular formula is C18H19FN2O2. The molecular weight excluding hydrogens is 295 g/mol. The highest BCUT2D eigenvalue weighted by molar-refractivity contribution is 6.39. The molecule has 2 amide bonds. The fraction of sp³-hybridized carbons (Fsp3) is 0.222. The summed E-state index contributed by atoms with van der Waals surface area (Å²) in [6, 6.07) is 13.1. The van der Waals surface area contributed by atoms with E-state index in [0.29, 0.717) is 11.6 Å². The summed E-state index contributed by atoms with van der Waals surface area (Å²) in [4.78, 5) is 23.5. The number of carbonyl (C=O) groups is 2. The molecule has 0 aromatic heterocycles. The maximum absolute atomic E-state index is 12.8. The topological polar surface area (TPSA) is 58.2 Å². The van der Waals surface area contributed by atoms with Crippen LogP contribution in [-0.4, -0.2) is 11.8 Å². The molecule has 0 bridgehead atoms. The van der Waals surface area contributed by atoms with Crippen LogP contribution in [0, 0.1) is 5.82 Å². The van der Waals surface area contributed by atoms with E-state index >= 15 is 0 Å². The molecule has 0 unspecified atom stereocenters. The highest BCUT2D eigenvalue weighted by Gasteiger charge is 2.13. The average molecular weight is 314 g/mol. The minimum atomic E-state index is -0.782. The van der Waals surface area contributed by atoms with Crippen molar-refractivity contribution < 1.29 is 14.0 Å². The van der Waals surface area contributed by atoms with Gasteiger partial charge in [0.15, 0.2) is 0 Å². The van der Waals surface area contributed by atoms with Crippen LogP contribution >= 0.6 is 0 Å². The van der Waals surface area contributed by atoms with Gasteiger partial charge in [-0.05, 0) is 41.3 Å². The Labute approximate surface area is 134 Å². The molecule has 0 atom stereocenters. The van der Waals surface area contributed by atoms with Crippen molar-refractivity contribution >= 4 is 17.5 Å². The van der Waals surface area contributed by atoms with Crippen molar-refractivity contribution in [2.45, 2.75) is 26.3 Å². The quantitative estimate of drug-likeness (QED) is 0.851. The highest BCUT2D eigenvalue weighted by atomic mass is 19.1. The molecule has 0 radical (unpaired) electrons. The number of hydrogen-bond acceptors (Lipinski definition) is 2. The van der Waals surface area contributed by atoms with Gasteiger partial charge in [-0.3, -0.25) is 9.59 Å². The van der Waals surface area contributed by atoms with Crippen LogP contribution in [0.2, 0.25) is 0 Å². The van der Waals surface area contributed by atoms with Gasteiger partial charge in [-0.25, -0.2) is 4.39 Å². The maximum atomic E-state index is 12.8. The van der Waals surface area contributed by atoms with Crippen molar-refractivity contribution in [1.82, 2.24) is 5.32 Å². The fourth-order valence-corrected chi connectivity index (χ4v) is 2.00. The Bertz CT molecular complexity index is 679. The molecule has 0 saturated heterocycles.